The van der Waals surface area contributed by atoms with Crippen LogP contribution in [0, 0.1) is 0 Å². The molecule has 1 fully saturated rings. The Kier molecular flexibility index (Phi) is 4.03. The summed E-state index contributed by atoms with van der Waals surface area (Å²) in [6.45, 7) is 4.42. The molecule has 20 heavy (non-hydrogen) atoms. The predicted octanol–water partition coefficient (Wildman–Crippen LogP) is 2.75. The van der Waals surface area contributed by atoms with Gasteiger partial charge in [-0.3, -0.25) is 4.98 Å². The highest BCUT2D eigenvalue weighted by Gasteiger charge is 2.34. The molecule has 3 rings (SSSR count). The molecule has 0 saturated carbocycles. The van der Waals surface area contributed by atoms with Crippen LogP contribution in [-0.2, 0) is 9.47 Å². The first kappa shape index (κ1) is 13.9. The van der Waals surface area contributed by atoms with Crippen LogP contribution in [-0.4, -0.2) is 37.5 Å². The van der Waals surface area contributed by atoms with E-state index in [9.17, 15) is 0 Å². The number of aromatic nitrogens is 1. The number of hydrogen-bond acceptors (Lipinski definition) is 5. The van der Waals surface area contributed by atoms with E-state index < -0.39 is 0 Å². The Morgan fingerprint density at radius 3 is 3.25 bits per heavy atom. The molecule has 0 radical (unpaired) electrons. The number of fused-ring (bicyclic) bond motifs is 1. The second-order valence-electron chi connectivity index (χ2n) is 5.36. The number of ether oxygens (including phenoxy) is 2. The average Bonchev–Trinajstić information content (AvgIpc) is 3.13. The number of thiophene rings is 1. The SMILES string of the molecule is COC1(CNC(C)c2cnc3ccsc3c2)CCOC1. The van der Waals surface area contributed by atoms with Gasteiger partial charge in [0.25, 0.3) is 0 Å². The van der Waals surface area contributed by atoms with Gasteiger partial charge in [0.2, 0.25) is 0 Å². The van der Waals surface area contributed by atoms with Crippen molar-refractivity contribution in [1.82, 2.24) is 10.3 Å². The number of pyridine rings is 1. The van der Waals surface area contributed by atoms with Crippen LogP contribution in [0.2, 0.25) is 0 Å². The second-order valence-corrected chi connectivity index (χ2v) is 6.31. The Bertz CT molecular complexity index is 578. The van der Waals surface area contributed by atoms with E-state index in [1.54, 1.807) is 18.4 Å². The molecule has 1 aliphatic heterocycles. The molecular formula is C15H20N2O2S. The van der Waals surface area contributed by atoms with Gasteiger partial charge in [-0.25, -0.2) is 0 Å². The Balaban J connectivity index is 1.67. The molecule has 1 aliphatic rings. The van der Waals surface area contributed by atoms with Crippen LogP contribution in [0.1, 0.15) is 24.9 Å². The van der Waals surface area contributed by atoms with E-state index in [1.165, 1.54) is 10.3 Å². The van der Waals surface area contributed by atoms with Gasteiger partial charge in [-0.05, 0) is 30.0 Å². The summed E-state index contributed by atoms with van der Waals surface area (Å²) >= 11 is 1.73. The van der Waals surface area contributed by atoms with E-state index in [0.29, 0.717) is 6.61 Å². The van der Waals surface area contributed by atoms with Gasteiger partial charge >= 0.3 is 0 Å². The minimum Gasteiger partial charge on any atom is -0.378 e. The Labute approximate surface area is 123 Å². The molecule has 0 bridgehead atoms. The highest BCUT2D eigenvalue weighted by Crippen LogP contribution is 2.25. The normalized spacial score (nSPS) is 24.3. The summed E-state index contributed by atoms with van der Waals surface area (Å²) in [6, 6.07) is 4.52. The highest BCUT2D eigenvalue weighted by atomic mass is 32.1. The summed E-state index contributed by atoms with van der Waals surface area (Å²) in [4.78, 5) is 4.49. The van der Waals surface area contributed by atoms with Gasteiger partial charge < -0.3 is 14.8 Å². The first-order valence-electron chi connectivity index (χ1n) is 6.92. The largest absolute Gasteiger partial charge is 0.378 e. The molecule has 108 valence electrons. The Morgan fingerprint density at radius 1 is 1.60 bits per heavy atom. The van der Waals surface area contributed by atoms with Crippen molar-refractivity contribution in [1.29, 1.82) is 0 Å². The monoisotopic (exact) mass is 292 g/mol. The summed E-state index contributed by atoms with van der Waals surface area (Å²) < 4.78 is 12.3. The van der Waals surface area contributed by atoms with Crippen LogP contribution in [0.25, 0.3) is 10.2 Å². The minimum absolute atomic E-state index is 0.172. The van der Waals surface area contributed by atoms with E-state index in [1.807, 2.05) is 6.20 Å². The fourth-order valence-corrected chi connectivity index (χ4v) is 3.31. The molecule has 0 spiro atoms. The summed E-state index contributed by atoms with van der Waals surface area (Å²) in [5, 5.41) is 5.63. The third-order valence-corrected chi connectivity index (χ3v) is 4.91. The fraction of sp³-hybridized carbons (Fsp3) is 0.533. The molecule has 1 saturated heterocycles. The van der Waals surface area contributed by atoms with Crippen molar-refractivity contribution < 1.29 is 9.47 Å². The van der Waals surface area contributed by atoms with Crippen molar-refractivity contribution in [2.75, 3.05) is 26.9 Å². The van der Waals surface area contributed by atoms with Gasteiger partial charge in [0, 0.05) is 38.9 Å². The van der Waals surface area contributed by atoms with Gasteiger partial charge in [-0.2, -0.15) is 0 Å². The second kappa shape index (κ2) is 5.77. The van der Waals surface area contributed by atoms with E-state index in [2.05, 4.69) is 34.7 Å². The van der Waals surface area contributed by atoms with E-state index in [4.69, 9.17) is 9.47 Å². The van der Waals surface area contributed by atoms with Crippen molar-refractivity contribution in [2.24, 2.45) is 0 Å². The first-order chi connectivity index (χ1) is 9.72. The lowest BCUT2D eigenvalue weighted by molar-refractivity contribution is -0.0172. The van der Waals surface area contributed by atoms with Crippen LogP contribution < -0.4 is 5.32 Å². The maximum absolute atomic E-state index is 5.64. The highest BCUT2D eigenvalue weighted by molar-refractivity contribution is 7.17. The Hall–Kier alpha value is -1.01. The third kappa shape index (κ3) is 2.72. The van der Waals surface area contributed by atoms with E-state index in [0.717, 1.165) is 25.1 Å². The fourth-order valence-electron chi connectivity index (χ4n) is 2.52. The molecule has 5 heteroatoms. The van der Waals surface area contributed by atoms with Crippen molar-refractivity contribution in [3.63, 3.8) is 0 Å². The number of rotatable bonds is 5. The standard InChI is InChI=1S/C15H20N2O2S/c1-11(17-9-15(18-2)4-5-19-10-15)12-7-14-13(16-8-12)3-6-20-14/h3,6-8,11,17H,4-5,9-10H2,1-2H3. The lowest BCUT2D eigenvalue weighted by atomic mass is 10.0. The van der Waals surface area contributed by atoms with Crippen molar-refractivity contribution >= 4 is 21.6 Å². The van der Waals surface area contributed by atoms with Gasteiger partial charge in [-0.15, -0.1) is 11.3 Å². The lowest BCUT2D eigenvalue weighted by Crippen LogP contribution is -2.43. The first-order valence-corrected chi connectivity index (χ1v) is 7.80. The van der Waals surface area contributed by atoms with Gasteiger partial charge in [0.15, 0.2) is 0 Å². The van der Waals surface area contributed by atoms with Crippen molar-refractivity contribution in [3.8, 4) is 0 Å². The molecule has 1 N–H and O–H groups in total. The summed E-state index contributed by atoms with van der Waals surface area (Å²) in [7, 11) is 1.76. The van der Waals surface area contributed by atoms with Gasteiger partial charge in [-0.1, -0.05) is 0 Å². The maximum atomic E-state index is 5.64. The molecule has 2 aromatic heterocycles. The van der Waals surface area contributed by atoms with E-state index in [-0.39, 0.29) is 11.6 Å². The molecular weight excluding hydrogens is 272 g/mol. The Morgan fingerprint density at radius 2 is 2.50 bits per heavy atom. The molecule has 3 heterocycles. The molecule has 2 aromatic rings. The van der Waals surface area contributed by atoms with Crippen LogP contribution in [0.15, 0.2) is 23.7 Å². The van der Waals surface area contributed by atoms with Crippen LogP contribution in [0.3, 0.4) is 0 Å². The van der Waals surface area contributed by atoms with Crippen molar-refractivity contribution in [2.45, 2.75) is 25.0 Å². The average molecular weight is 292 g/mol. The number of nitrogens with one attached hydrogen (secondary N) is 1. The number of hydrogen-bond donors (Lipinski definition) is 1. The van der Waals surface area contributed by atoms with Gasteiger partial charge in [0.05, 0.1) is 16.8 Å². The van der Waals surface area contributed by atoms with Crippen molar-refractivity contribution in [3.05, 3.63) is 29.3 Å². The zero-order chi connectivity index (χ0) is 14.0. The molecule has 2 atom stereocenters. The zero-order valence-electron chi connectivity index (χ0n) is 11.9. The summed E-state index contributed by atoms with van der Waals surface area (Å²) in [5.74, 6) is 0. The lowest BCUT2D eigenvalue weighted by Gasteiger charge is -2.28. The predicted molar refractivity (Wildman–Crippen MR) is 81.2 cm³/mol. The quantitative estimate of drug-likeness (QED) is 0.920. The summed E-state index contributed by atoms with van der Waals surface area (Å²) in [6.07, 6.45) is 2.91. The molecule has 0 aromatic carbocycles. The smallest absolute Gasteiger partial charge is 0.106 e. The molecule has 0 aliphatic carbocycles. The molecule has 4 nitrogen and oxygen atoms in total. The van der Waals surface area contributed by atoms with Gasteiger partial charge in [0.1, 0.15) is 5.60 Å². The maximum Gasteiger partial charge on any atom is 0.106 e. The van der Waals surface area contributed by atoms with E-state index >= 15 is 0 Å². The zero-order valence-corrected chi connectivity index (χ0v) is 12.7. The van der Waals surface area contributed by atoms with Crippen LogP contribution >= 0.6 is 11.3 Å². The third-order valence-electron chi connectivity index (χ3n) is 4.05. The van der Waals surface area contributed by atoms with Crippen LogP contribution in [0.4, 0.5) is 0 Å². The summed E-state index contributed by atoms with van der Waals surface area (Å²) in [5.41, 5.74) is 2.11. The minimum atomic E-state index is -0.172. The topological polar surface area (TPSA) is 43.4 Å². The number of methoxy groups -OCH3 is 1. The number of nitrogens with zero attached hydrogens (tertiary/aromatic N) is 1. The molecule has 0 amide bonds. The van der Waals surface area contributed by atoms with Crippen LogP contribution in [0.5, 0.6) is 0 Å². The molecule has 2 unspecified atom stereocenters.